The molecule has 1 heterocycles. The van der Waals surface area contributed by atoms with E-state index in [4.69, 9.17) is 4.74 Å². The SMILES string of the molecule is C[C@@H](CN(C)C)Nc1cc(F)c(N2CCOCC2)cc1C(=O)N[C@H](C)c1cccc(C(F)F)c1F. The predicted molar refractivity (Wildman–Crippen MR) is 128 cm³/mol. The number of carbonyl (C=O) groups is 1. The van der Waals surface area contributed by atoms with E-state index in [0.29, 0.717) is 38.5 Å². The third-order valence-corrected chi connectivity index (χ3v) is 5.83. The van der Waals surface area contributed by atoms with Crippen LogP contribution in [0.25, 0.3) is 0 Å². The Balaban J connectivity index is 1.93. The lowest BCUT2D eigenvalue weighted by molar-refractivity contribution is 0.0940. The fourth-order valence-electron chi connectivity index (χ4n) is 4.20. The van der Waals surface area contributed by atoms with E-state index in [1.54, 1.807) is 4.90 Å². The van der Waals surface area contributed by atoms with Gasteiger partial charge in [0.2, 0.25) is 0 Å². The van der Waals surface area contributed by atoms with E-state index >= 15 is 4.39 Å². The molecule has 0 saturated carbocycles. The molecule has 192 valence electrons. The van der Waals surface area contributed by atoms with Crippen LogP contribution >= 0.6 is 0 Å². The largest absolute Gasteiger partial charge is 0.381 e. The summed E-state index contributed by atoms with van der Waals surface area (Å²) in [4.78, 5) is 17.1. The average molecular weight is 497 g/mol. The number of halogens is 4. The highest BCUT2D eigenvalue weighted by molar-refractivity contribution is 6.01. The van der Waals surface area contributed by atoms with Gasteiger partial charge in [-0.2, -0.15) is 0 Å². The van der Waals surface area contributed by atoms with Gasteiger partial charge in [-0.3, -0.25) is 4.79 Å². The number of alkyl halides is 2. The number of rotatable bonds is 9. The van der Waals surface area contributed by atoms with Crippen molar-refractivity contribution >= 4 is 17.3 Å². The minimum absolute atomic E-state index is 0.0536. The van der Waals surface area contributed by atoms with E-state index in [2.05, 4.69) is 10.6 Å². The van der Waals surface area contributed by atoms with Crippen LogP contribution in [0.3, 0.4) is 0 Å². The van der Waals surface area contributed by atoms with Crippen molar-refractivity contribution in [1.82, 2.24) is 10.2 Å². The number of anilines is 2. The maximum atomic E-state index is 15.1. The number of nitrogens with one attached hydrogen (secondary N) is 2. The second kappa shape index (κ2) is 11.7. The molecule has 1 amide bonds. The zero-order valence-electron chi connectivity index (χ0n) is 20.4. The highest BCUT2D eigenvalue weighted by atomic mass is 19.3. The Bertz CT molecular complexity index is 1030. The molecule has 2 N–H and O–H groups in total. The van der Waals surface area contributed by atoms with Crippen LogP contribution in [0.5, 0.6) is 0 Å². The van der Waals surface area contributed by atoms with Gasteiger partial charge in [0.1, 0.15) is 11.6 Å². The van der Waals surface area contributed by atoms with Crippen molar-refractivity contribution < 1.29 is 27.1 Å². The molecule has 6 nitrogen and oxygen atoms in total. The molecule has 1 saturated heterocycles. The number of ether oxygens (including phenoxy) is 1. The fourth-order valence-corrected chi connectivity index (χ4v) is 4.20. The summed E-state index contributed by atoms with van der Waals surface area (Å²) < 4.78 is 61.4. The molecule has 2 aromatic rings. The first-order chi connectivity index (χ1) is 16.6. The summed E-state index contributed by atoms with van der Waals surface area (Å²) in [7, 11) is 3.80. The Labute approximate surface area is 203 Å². The lowest BCUT2D eigenvalue weighted by atomic mass is 10.0. The molecule has 0 bridgehead atoms. The van der Waals surface area contributed by atoms with Crippen LogP contribution in [0.4, 0.5) is 28.9 Å². The molecule has 0 aromatic heterocycles. The van der Waals surface area contributed by atoms with Crippen molar-refractivity contribution in [2.75, 3.05) is 57.2 Å². The molecule has 35 heavy (non-hydrogen) atoms. The first-order valence-electron chi connectivity index (χ1n) is 11.5. The van der Waals surface area contributed by atoms with E-state index in [-0.39, 0.29) is 22.9 Å². The molecule has 0 spiro atoms. The molecular weight excluding hydrogens is 464 g/mol. The lowest BCUT2D eigenvalue weighted by Crippen LogP contribution is -2.37. The van der Waals surface area contributed by atoms with Crippen molar-refractivity contribution in [3.05, 3.63) is 58.7 Å². The van der Waals surface area contributed by atoms with Gasteiger partial charge in [-0.15, -0.1) is 0 Å². The number of morpholine rings is 1. The molecule has 1 fully saturated rings. The summed E-state index contributed by atoms with van der Waals surface area (Å²) in [6.45, 7) is 5.89. The smallest absolute Gasteiger partial charge is 0.266 e. The van der Waals surface area contributed by atoms with Gasteiger partial charge in [-0.05, 0) is 40.1 Å². The first-order valence-corrected chi connectivity index (χ1v) is 11.5. The van der Waals surface area contributed by atoms with Gasteiger partial charge in [0.15, 0.2) is 0 Å². The predicted octanol–water partition coefficient (Wildman–Crippen LogP) is 4.59. The molecule has 2 aromatic carbocycles. The Hall–Kier alpha value is -2.85. The molecule has 1 aliphatic rings. The normalized spacial score (nSPS) is 15.9. The van der Waals surface area contributed by atoms with Gasteiger partial charge in [0.25, 0.3) is 12.3 Å². The van der Waals surface area contributed by atoms with E-state index in [1.807, 2.05) is 25.9 Å². The number of likely N-dealkylation sites (N-methyl/N-ethyl adjacent to an activating group) is 1. The van der Waals surface area contributed by atoms with Crippen molar-refractivity contribution in [2.24, 2.45) is 0 Å². The fraction of sp³-hybridized carbons (Fsp3) is 0.480. The Morgan fingerprint density at radius 2 is 1.77 bits per heavy atom. The monoisotopic (exact) mass is 496 g/mol. The number of amides is 1. The Morgan fingerprint density at radius 3 is 2.40 bits per heavy atom. The van der Waals surface area contributed by atoms with Crippen molar-refractivity contribution in [1.29, 1.82) is 0 Å². The Kier molecular flexibility index (Phi) is 8.96. The number of hydrogen-bond acceptors (Lipinski definition) is 5. The first kappa shape index (κ1) is 26.7. The summed E-state index contributed by atoms with van der Waals surface area (Å²) in [6.07, 6.45) is -2.97. The van der Waals surface area contributed by atoms with Crippen LogP contribution in [-0.4, -0.2) is 63.8 Å². The number of carbonyl (C=O) groups excluding carboxylic acids is 1. The summed E-state index contributed by atoms with van der Waals surface area (Å²) in [5.74, 6) is -2.11. The van der Waals surface area contributed by atoms with E-state index in [1.165, 1.54) is 31.2 Å². The number of hydrogen-bond donors (Lipinski definition) is 2. The zero-order chi connectivity index (χ0) is 25.7. The minimum Gasteiger partial charge on any atom is -0.381 e. The average Bonchev–Trinajstić information content (AvgIpc) is 2.79. The standard InChI is InChI=1S/C25H32F4N4O2/c1-15(14-32(3)4)30-21-13-20(26)22(33-8-10-35-11-9-33)12-19(21)25(34)31-16(2)17-6-5-7-18(23(17)27)24(28)29/h5-7,12-13,15-16,24,30H,8-11,14H2,1-4H3,(H,31,34)/t15-,16+/m0/s1. The highest BCUT2D eigenvalue weighted by Gasteiger charge is 2.25. The van der Waals surface area contributed by atoms with Crippen LogP contribution in [0.15, 0.2) is 30.3 Å². The molecule has 1 aliphatic heterocycles. The van der Waals surface area contributed by atoms with Gasteiger partial charge in [-0.25, -0.2) is 17.6 Å². The van der Waals surface area contributed by atoms with Crippen molar-refractivity contribution in [2.45, 2.75) is 32.4 Å². The molecular formula is C25H32F4N4O2. The zero-order valence-corrected chi connectivity index (χ0v) is 20.4. The van der Waals surface area contributed by atoms with Crippen molar-refractivity contribution in [3.63, 3.8) is 0 Å². The summed E-state index contributed by atoms with van der Waals surface area (Å²) in [5, 5.41) is 5.87. The maximum Gasteiger partial charge on any atom is 0.266 e. The summed E-state index contributed by atoms with van der Waals surface area (Å²) in [5.41, 5.74) is -0.0408. The van der Waals surface area contributed by atoms with Gasteiger partial charge in [-0.1, -0.05) is 18.2 Å². The second-order valence-electron chi connectivity index (χ2n) is 9.00. The highest BCUT2D eigenvalue weighted by Crippen LogP contribution is 2.30. The van der Waals surface area contributed by atoms with E-state index in [9.17, 15) is 18.0 Å². The van der Waals surface area contributed by atoms with Crippen LogP contribution in [0.2, 0.25) is 0 Å². The van der Waals surface area contributed by atoms with Crippen LogP contribution < -0.4 is 15.5 Å². The summed E-state index contributed by atoms with van der Waals surface area (Å²) in [6, 6.07) is 5.45. The second-order valence-corrected chi connectivity index (χ2v) is 9.00. The molecule has 0 unspecified atom stereocenters. The van der Waals surface area contributed by atoms with E-state index < -0.39 is 35.6 Å². The van der Waals surface area contributed by atoms with Crippen LogP contribution in [-0.2, 0) is 4.74 Å². The van der Waals surface area contributed by atoms with Crippen molar-refractivity contribution in [3.8, 4) is 0 Å². The van der Waals surface area contributed by atoms with Crippen LogP contribution in [0.1, 0.15) is 47.8 Å². The Morgan fingerprint density at radius 1 is 1.11 bits per heavy atom. The molecule has 0 radical (unpaired) electrons. The van der Waals surface area contributed by atoms with Gasteiger partial charge in [0, 0.05) is 31.2 Å². The quantitative estimate of drug-likeness (QED) is 0.498. The van der Waals surface area contributed by atoms with Gasteiger partial charge >= 0.3 is 0 Å². The van der Waals surface area contributed by atoms with E-state index in [0.717, 1.165) is 6.07 Å². The lowest BCUT2D eigenvalue weighted by Gasteiger charge is -2.30. The third kappa shape index (κ3) is 6.64. The minimum atomic E-state index is -2.97. The number of benzene rings is 2. The summed E-state index contributed by atoms with van der Waals surface area (Å²) >= 11 is 0. The molecule has 3 rings (SSSR count). The molecule has 2 atom stereocenters. The number of nitrogens with zero attached hydrogens (tertiary/aromatic N) is 2. The van der Waals surface area contributed by atoms with Crippen LogP contribution in [0, 0.1) is 11.6 Å². The third-order valence-electron chi connectivity index (χ3n) is 5.83. The maximum absolute atomic E-state index is 15.1. The van der Waals surface area contributed by atoms with Gasteiger partial charge < -0.3 is 25.2 Å². The van der Waals surface area contributed by atoms with Gasteiger partial charge in [0.05, 0.1) is 41.8 Å². The topological polar surface area (TPSA) is 56.8 Å². The molecule has 10 heteroatoms. The molecule has 0 aliphatic carbocycles.